The van der Waals surface area contributed by atoms with Gasteiger partial charge in [0, 0.05) is 6.04 Å². The lowest BCUT2D eigenvalue weighted by Crippen LogP contribution is -2.41. The lowest BCUT2D eigenvalue weighted by molar-refractivity contribution is -0.144. The molecule has 16 heteroatoms. The van der Waals surface area contributed by atoms with E-state index in [0.717, 1.165) is 25.7 Å². The minimum Gasteiger partial charge on any atom is -0.465 e. The van der Waals surface area contributed by atoms with Crippen LogP contribution >= 0.6 is 7.75 Å². The number of carbonyl (C=O) groups is 1. The van der Waals surface area contributed by atoms with E-state index >= 15 is 4.39 Å². The maximum Gasteiger partial charge on any atom is 0.459 e. The van der Waals surface area contributed by atoms with Gasteiger partial charge >= 0.3 is 13.7 Å². The highest BCUT2D eigenvalue weighted by Gasteiger charge is 2.56. The average Bonchev–Trinajstić information content (AvgIpc) is 3.68. The Bertz CT molecular complexity index is 1470. The van der Waals surface area contributed by atoms with Crippen LogP contribution in [0.1, 0.15) is 52.7 Å². The summed E-state index contributed by atoms with van der Waals surface area (Å²) in [5.41, 5.74) is 4.25. The second kappa shape index (κ2) is 12.7. The van der Waals surface area contributed by atoms with E-state index in [4.69, 9.17) is 24.3 Å². The summed E-state index contributed by atoms with van der Waals surface area (Å²) in [5.74, 6) is -0.0753. The fourth-order valence-corrected chi connectivity index (χ4v) is 6.76. The quantitative estimate of drug-likeness (QED) is 0.170. The molecule has 3 heterocycles. The summed E-state index contributed by atoms with van der Waals surface area (Å²) in [4.78, 5) is 25.2. The molecule has 234 valence electrons. The second-order valence-corrected chi connectivity index (χ2v) is 12.5. The van der Waals surface area contributed by atoms with Crippen molar-refractivity contribution in [1.29, 1.82) is 0 Å². The van der Waals surface area contributed by atoms with Gasteiger partial charge in [0.15, 0.2) is 28.9 Å². The summed E-state index contributed by atoms with van der Waals surface area (Å²) in [5, 5.41) is 16.9. The number of nitrogens with one attached hydrogen (secondary N) is 2. The lowest BCUT2D eigenvalue weighted by atomic mass is 9.98. The molecular formula is C27H37FN7O7P. The van der Waals surface area contributed by atoms with Crippen LogP contribution in [0.3, 0.4) is 0 Å². The van der Waals surface area contributed by atoms with Gasteiger partial charge in [-0.1, -0.05) is 31.0 Å². The van der Waals surface area contributed by atoms with Crippen LogP contribution < -0.4 is 20.7 Å². The number of fused-ring (bicyclic) bond motifs is 1. The molecule has 2 fully saturated rings. The first-order valence-electron chi connectivity index (χ1n) is 14.2. The van der Waals surface area contributed by atoms with E-state index in [1.165, 1.54) is 24.7 Å². The van der Waals surface area contributed by atoms with Gasteiger partial charge in [-0.15, -0.1) is 0 Å². The number of aliphatic hydroxyl groups excluding tert-OH is 1. The zero-order chi connectivity index (χ0) is 30.8. The van der Waals surface area contributed by atoms with Crippen LogP contribution in [0.4, 0.5) is 16.2 Å². The van der Waals surface area contributed by atoms with Crippen LogP contribution in [0.2, 0.25) is 0 Å². The van der Waals surface area contributed by atoms with Crippen molar-refractivity contribution in [3.8, 4) is 5.75 Å². The zero-order valence-electron chi connectivity index (χ0n) is 24.2. The third-order valence-electron chi connectivity index (χ3n) is 7.47. The Morgan fingerprint density at radius 1 is 1.30 bits per heavy atom. The Morgan fingerprint density at radius 2 is 2.02 bits per heavy atom. The van der Waals surface area contributed by atoms with Gasteiger partial charge in [-0.2, -0.15) is 15.1 Å². The minimum absolute atomic E-state index is 0.0328. The molecule has 1 aliphatic heterocycles. The van der Waals surface area contributed by atoms with E-state index in [1.807, 2.05) is 0 Å². The standard InChI is InChI=1S/C27H37FN7O7P/c1-4-39-24(37)16(2)34-43(38,42-18-12-6-5-7-13-18)40-14-19-21(36)27(3,28)25(41-19)35-15-30-20-22(31-17-10-8-9-11-17)32-26(29)33-23(20)35/h5-7,12-13,15-17,19,21,25,36H,4,8-11,14H2,1-3H3,(H,34,38)(H3,29,31,32,33)/t16-,19+,21+,25+,27+,43?/m0/s1. The zero-order valence-corrected chi connectivity index (χ0v) is 25.1. The smallest absolute Gasteiger partial charge is 0.459 e. The molecule has 1 aliphatic carbocycles. The fourth-order valence-electron chi connectivity index (χ4n) is 5.26. The summed E-state index contributed by atoms with van der Waals surface area (Å²) in [6, 6.07) is 7.32. The molecular weight excluding hydrogens is 584 g/mol. The number of nitrogens with two attached hydrogens (primary N) is 1. The van der Waals surface area contributed by atoms with Gasteiger partial charge in [0.2, 0.25) is 5.95 Å². The number of anilines is 2. The van der Waals surface area contributed by atoms with Crippen LogP contribution in [0, 0.1) is 0 Å². The summed E-state index contributed by atoms with van der Waals surface area (Å²) < 4.78 is 53.5. The molecule has 0 radical (unpaired) electrons. The van der Waals surface area contributed by atoms with Gasteiger partial charge in [-0.05, 0) is 45.7 Å². The van der Waals surface area contributed by atoms with Crippen LogP contribution in [-0.4, -0.2) is 73.8 Å². The van der Waals surface area contributed by atoms with Crippen LogP contribution in [0.25, 0.3) is 11.2 Å². The summed E-state index contributed by atoms with van der Waals surface area (Å²) in [6.45, 7) is 3.82. The Labute approximate surface area is 248 Å². The molecule has 1 unspecified atom stereocenters. The van der Waals surface area contributed by atoms with Gasteiger partial charge in [0.25, 0.3) is 0 Å². The maximum atomic E-state index is 16.2. The van der Waals surface area contributed by atoms with Crippen molar-refractivity contribution in [1.82, 2.24) is 24.6 Å². The first-order valence-corrected chi connectivity index (χ1v) is 15.8. The molecule has 5 rings (SSSR count). The Kier molecular flexibility index (Phi) is 9.18. The number of hydrogen-bond donors (Lipinski definition) is 4. The third-order valence-corrected chi connectivity index (χ3v) is 9.12. The minimum atomic E-state index is -4.27. The predicted molar refractivity (Wildman–Crippen MR) is 155 cm³/mol. The number of benzene rings is 1. The highest BCUT2D eigenvalue weighted by molar-refractivity contribution is 7.52. The molecule has 1 aromatic carbocycles. The average molecular weight is 622 g/mol. The van der Waals surface area contributed by atoms with E-state index in [2.05, 4.69) is 25.4 Å². The number of aromatic nitrogens is 4. The largest absolute Gasteiger partial charge is 0.465 e. The number of halogens is 1. The molecule has 5 N–H and O–H groups in total. The number of alkyl halides is 1. The summed E-state index contributed by atoms with van der Waals surface area (Å²) >= 11 is 0. The monoisotopic (exact) mass is 621 g/mol. The maximum absolute atomic E-state index is 16.2. The third kappa shape index (κ3) is 6.75. The number of esters is 1. The Morgan fingerprint density at radius 3 is 2.72 bits per heavy atom. The molecule has 1 saturated heterocycles. The number of para-hydroxylation sites is 1. The molecule has 43 heavy (non-hydrogen) atoms. The first kappa shape index (κ1) is 31.1. The highest BCUT2D eigenvalue weighted by atomic mass is 31.2. The molecule has 0 amide bonds. The number of nitrogens with zero attached hydrogens (tertiary/aromatic N) is 4. The summed E-state index contributed by atoms with van der Waals surface area (Å²) in [7, 11) is -4.27. The molecule has 2 aromatic heterocycles. The number of nitrogen functional groups attached to an aromatic ring is 1. The topological polar surface area (TPSA) is 185 Å². The van der Waals surface area contributed by atoms with Crippen molar-refractivity contribution >= 4 is 36.6 Å². The highest BCUT2D eigenvalue weighted by Crippen LogP contribution is 2.48. The van der Waals surface area contributed by atoms with Gasteiger partial charge < -0.3 is 30.2 Å². The summed E-state index contributed by atoms with van der Waals surface area (Å²) in [6.07, 6.45) is 1.14. The van der Waals surface area contributed by atoms with Gasteiger partial charge in [0.1, 0.15) is 24.0 Å². The van der Waals surface area contributed by atoms with Crippen LogP contribution in [0.15, 0.2) is 36.7 Å². The number of ether oxygens (including phenoxy) is 2. The number of rotatable bonds is 12. The van der Waals surface area contributed by atoms with Crippen molar-refractivity contribution in [2.75, 3.05) is 24.3 Å². The fraction of sp³-hybridized carbons (Fsp3) is 0.556. The number of hydrogen-bond acceptors (Lipinski definition) is 12. The van der Waals surface area contributed by atoms with Crippen molar-refractivity contribution < 1.29 is 37.4 Å². The Balaban J connectivity index is 1.36. The SMILES string of the molecule is CCOC(=O)[C@H](C)NP(=O)(OC[C@H]1O[C@@H](n2cnc3c(NC4CCCC4)nc(N)nc32)[C@](C)(F)[C@@H]1O)Oc1ccccc1. The molecule has 2 aliphatic rings. The molecule has 3 aromatic rings. The van der Waals surface area contributed by atoms with Gasteiger partial charge in [-0.25, -0.2) is 13.9 Å². The number of carbonyl (C=O) groups excluding carboxylic acids is 1. The van der Waals surface area contributed by atoms with Crippen LogP contribution in [-0.2, 0) is 23.4 Å². The normalized spacial score (nSPS) is 26.3. The molecule has 0 bridgehead atoms. The van der Waals surface area contributed by atoms with E-state index in [0.29, 0.717) is 11.3 Å². The van der Waals surface area contributed by atoms with E-state index in [1.54, 1.807) is 37.3 Å². The lowest BCUT2D eigenvalue weighted by Gasteiger charge is -2.25. The van der Waals surface area contributed by atoms with E-state index in [-0.39, 0.29) is 30.0 Å². The Hall–Kier alpha value is -3.36. The van der Waals surface area contributed by atoms with E-state index < -0.39 is 50.5 Å². The number of aliphatic hydroxyl groups is 1. The predicted octanol–water partition coefficient (Wildman–Crippen LogP) is 3.49. The van der Waals surface area contributed by atoms with Gasteiger partial charge in [0.05, 0.1) is 19.5 Å². The molecule has 6 atom stereocenters. The van der Waals surface area contributed by atoms with Crippen molar-refractivity contribution in [2.45, 2.75) is 82.6 Å². The number of imidazole rings is 1. The van der Waals surface area contributed by atoms with E-state index in [9.17, 15) is 14.5 Å². The molecule has 0 spiro atoms. The van der Waals surface area contributed by atoms with Crippen molar-refractivity contribution in [3.63, 3.8) is 0 Å². The van der Waals surface area contributed by atoms with Crippen molar-refractivity contribution in [3.05, 3.63) is 36.7 Å². The first-order chi connectivity index (χ1) is 20.5. The second-order valence-electron chi connectivity index (χ2n) is 10.8. The van der Waals surface area contributed by atoms with Crippen LogP contribution in [0.5, 0.6) is 5.75 Å². The van der Waals surface area contributed by atoms with Gasteiger partial charge in [-0.3, -0.25) is 13.9 Å². The molecule has 1 saturated carbocycles. The molecule has 14 nitrogen and oxygen atoms in total. The van der Waals surface area contributed by atoms with Crippen molar-refractivity contribution in [2.24, 2.45) is 0 Å².